The number of aryl methyl sites for hydroxylation is 1. The molecule has 0 bridgehead atoms. The first kappa shape index (κ1) is 26.0. The van der Waals surface area contributed by atoms with Gasteiger partial charge in [0.05, 0.1) is 6.54 Å². The third kappa shape index (κ3) is 5.55. The van der Waals surface area contributed by atoms with Crippen molar-refractivity contribution in [2.24, 2.45) is 4.99 Å². The largest absolute Gasteiger partial charge is 0.343 e. The Balaban J connectivity index is 1.97. The number of aliphatic imine (C=N–C) groups is 1. The van der Waals surface area contributed by atoms with E-state index in [1.54, 1.807) is 12.2 Å². The monoisotopic (exact) mass is 485 g/mol. The zero-order chi connectivity index (χ0) is 24.9. The molecule has 4 nitrogen and oxygen atoms in total. The molecular weight excluding hydrogens is 451 g/mol. The highest BCUT2D eigenvalue weighted by atomic mass is 31.0. The summed E-state index contributed by atoms with van der Waals surface area (Å²) in [5.74, 6) is -0.834. The number of amides is 1. The molecule has 0 radical (unpaired) electrons. The van der Waals surface area contributed by atoms with Crippen LogP contribution in [0.3, 0.4) is 0 Å². The predicted octanol–water partition coefficient (Wildman–Crippen LogP) is 5.57. The van der Waals surface area contributed by atoms with Gasteiger partial charge in [-0.1, -0.05) is 50.3 Å². The number of guanidine groups is 1. The van der Waals surface area contributed by atoms with E-state index in [0.717, 1.165) is 23.4 Å². The first-order chi connectivity index (χ1) is 16.2. The third-order valence-electron chi connectivity index (χ3n) is 6.71. The molecule has 7 heteroatoms. The molecule has 1 aromatic carbocycles. The number of rotatable bonds is 4. The van der Waals surface area contributed by atoms with Gasteiger partial charge in [-0.3, -0.25) is 10.1 Å². The number of piperidine rings is 1. The maximum absolute atomic E-state index is 15.3. The number of likely N-dealkylation sites (tertiary alicyclic amines) is 1. The summed E-state index contributed by atoms with van der Waals surface area (Å²) in [5.41, 5.74) is 2.22. The van der Waals surface area contributed by atoms with Gasteiger partial charge in [-0.2, -0.15) is 0 Å². The lowest BCUT2D eigenvalue weighted by Crippen LogP contribution is -2.51. The minimum atomic E-state index is -0.544. The molecule has 182 valence electrons. The molecular formula is C27H34F2N3OP. The van der Waals surface area contributed by atoms with E-state index in [4.69, 9.17) is 0 Å². The van der Waals surface area contributed by atoms with E-state index in [9.17, 15) is 9.18 Å². The summed E-state index contributed by atoms with van der Waals surface area (Å²) in [6.07, 6.45) is 10.1. The highest BCUT2D eigenvalue weighted by Crippen LogP contribution is 2.45. The van der Waals surface area contributed by atoms with Crippen LogP contribution in [0.15, 0.2) is 64.5 Å². The SMILES string of the molecule is C=C1/C=C\C=C(\P)CN=C(N2CCC(/C(C)=C\CC)(c3c(F)cc(F)cc3CC)CC2)NC1=O. The van der Waals surface area contributed by atoms with E-state index in [-0.39, 0.29) is 5.91 Å². The van der Waals surface area contributed by atoms with E-state index >= 15 is 4.39 Å². The van der Waals surface area contributed by atoms with E-state index < -0.39 is 17.0 Å². The molecule has 1 fully saturated rings. The minimum Gasteiger partial charge on any atom is -0.343 e. The van der Waals surface area contributed by atoms with Crippen molar-refractivity contribution >= 4 is 21.1 Å². The van der Waals surface area contributed by atoms with Crippen molar-refractivity contribution in [3.8, 4) is 0 Å². The van der Waals surface area contributed by atoms with E-state index in [2.05, 4.69) is 39.1 Å². The fourth-order valence-electron chi connectivity index (χ4n) is 4.87. The molecule has 3 rings (SSSR count). The van der Waals surface area contributed by atoms with Gasteiger partial charge in [0.2, 0.25) is 5.96 Å². The molecule has 0 spiro atoms. The van der Waals surface area contributed by atoms with E-state index in [0.29, 0.717) is 61.6 Å². The normalized spacial score (nSPS) is 21.9. The summed E-state index contributed by atoms with van der Waals surface area (Å²) in [7, 11) is 2.66. The van der Waals surface area contributed by atoms with Gasteiger partial charge in [-0.05, 0) is 49.6 Å². The second-order valence-electron chi connectivity index (χ2n) is 8.86. The fraction of sp³-hybridized carbons (Fsp3) is 0.407. The van der Waals surface area contributed by atoms with Crippen molar-refractivity contribution in [2.45, 2.75) is 51.9 Å². The zero-order valence-corrected chi connectivity index (χ0v) is 21.4. The lowest BCUT2D eigenvalue weighted by Gasteiger charge is -2.45. The molecule has 0 aliphatic carbocycles. The summed E-state index contributed by atoms with van der Waals surface area (Å²) in [6, 6.07) is 2.46. The number of hydrogen-bond acceptors (Lipinski definition) is 3. The summed E-state index contributed by atoms with van der Waals surface area (Å²) in [5, 5.41) is 3.88. The van der Waals surface area contributed by atoms with Crippen molar-refractivity contribution in [1.82, 2.24) is 10.2 Å². The number of halogens is 2. The van der Waals surface area contributed by atoms with Crippen LogP contribution < -0.4 is 5.32 Å². The Kier molecular flexibility index (Phi) is 8.59. The van der Waals surface area contributed by atoms with Gasteiger partial charge in [0.1, 0.15) is 11.6 Å². The summed E-state index contributed by atoms with van der Waals surface area (Å²) < 4.78 is 29.4. The molecule has 2 aliphatic rings. The average molecular weight is 486 g/mol. The number of carbonyl (C=O) groups excluding carboxylic acids is 1. The lowest BCUT2D eigenvalue weighted by atomic mass is 9.66. The van der Waals surface area contributed by atoms with Crippen LogP contribution in [0, 0.1) is 11.6 Å². The van der Waals surface area contributed by atoms with Crippen LogP contribution in [-0.2, 0) is 16.6 Å². The lowest BCUT2D eigenvalue weighted by molar-refractivity contribution is -0.116. The second kappa shape index (κ2) is 11.2. The number of nitrogens with one attached hydrogen (secondary N) is 1. The molecule has 34 heavy (non-hydrogen) atoms. The Morgan fingerprint density at radius 3 is 2.65 bits per heavy atom. The number of nitrogens with zero attached hydrogens (tertiary/aromatic N) is 2. The Hall–Kier alpha value is -2.59. The fourth-order valence-corrected chi connectivity index (χ4v) is 5.07. The Labute approximate surface area is 203 Å². The number of allylic oxidation sites excluding steroid dienone is 4. The first-order valence-electron chi connectivity index (χ1n) is 11.8. The summed E-state index contributed by atoms with van der Waals surface area (Å²) >= 11 is 0. The van der Waals surface area contributed by atoms with Gasteiger partial charge < -0.3 is 4.90 Å². The van der Waals surface area contributed by atoms with Crippen molar-refractivity contribution in [3.63, 3.8) is 0 Å². The van der Waals surface area contributed by atoms with Crippen LogP contribution in [0.2, 0.25) is 0 Å². The van der Waals surface area contributed by atoms with Crippen LogP contribution in [0.1, 0.15) is 51.2 Å². The molecule has 1 unspecified atom stereocenters. The van der Waals surface area contributed by atoms with Gasteiger partial charge in [0.25, 0.3) is 5.91 Å². The van der Waals surface area contributed by atoms with Gasteiger partial charge >= 0.3 is 0 Å². The van der Waals surface area contributed by atoms with Crippen molar-refractivity contribution in [2.75, 3.05) is 19.6 Å². The van der Waals surface area contributed by atoms with Crippen LogP contribution >= 0.6 is 9.24 Å². The summed E-state index contributed by atoms with van der Waals surface area (Å²) in [6.45, 7) is 11.4. The van der Waals surface area contributed by atoms with Gasteiger partial charge in [0.15, 0.2) is 0 Å². The quantitative estimate of drug-likeness (QED) is 0.344. The molecule has 0 aromatic heterocycles. The van der Waals surface area contributed by atoms with E-state index in [1.165, 1.54) is 6.07 Å². The van der Waals surface area contributed by atoms with Crippen LogP contribution in [0.5, 0.6) is 0 Å². The van der Waals surface area contributed by atoms with Crippen molar-refractivity contribution in [1.29, 1.82) is 0 Å². The van der Waals surface area contributed by atoms with Crippen molar-refractivity contribution < 1.29 is 13.6 Å². The van der Waals surface area contributed by atoms with Crippen LogP contribution in [0.25, 0.3) is 0 Å². The molecule has 1 aromatic rings. The molecule has 1 atom stereocenters. The Morgan fingerprint density at radius 2 is 2.00 bits per heavy atom. The highest BCUT2D eigenvalue weighted by Gasteiger charge is 2.41. The van der Waals surface area contributed by atoms with E-state index in [1.807, 2.05) is 24.8 Å². The molecule has 2 aliphatic heterocycles. The Morgan fingerprint density at radius 1 is 1.29 bits per heavy atom. The third-order valence-corrected chi connectivity index (χ3v) is 7.09. The minimum absolute atomic E-state index is 0.299. The van der Waals surface area contributed by atoms with Crippen LogP contribution in [-0.4, -0.2) is 36.4 Å². The maximum atomic E-state index is 15.3. The number of carbonyl (C=O) groups is 1. The second-order valence-corrected chi connectivity index (χ2v) is 9.60. The van der Waals surface area contributed by atoms with Crippen molar-refractivity contribution in [3.05, 3.63) is 82.2 Å². The Bertz CT molecular complexity index is 1080. The topological polar surface area (TPSA) is 44.7 Å². The predicted molar refractivity (Wildman–Crippen MR) is 139 cm³/mol. The highest BCUT2D eigenvalue weighted by molar-refractivity contribution is 7.22. The molecule has 1 amide bonds. The maximum Gasteiger partial charge on any atom is 0.257 e. The standard InChI is InChI=1S/C27H34F2N3OP/c1-5-8-19(4)27(24-20(6-2)15-21(28)16-23(24)29)11-13-32(14-12-27)26-30-17-22(34)10-7-9-18(3)25(33)31-26/h7-10,15-16H,3,5-6,11-14,17,34H2,1-2,4H3,(H,30,31,33)/b9-7-,19-8-,22-10+. The average Bonchev–Trinajstić information content (AvgIpc) is 2.80. The zero-order valence-electron chi connectivity index (χ0n) is 20.3. The first-order valence-corrected chi connectivity index (χ1v) is 12.4. The van der Waals surface area contributed by atoms with Gasteiger partial charge in [-0.15, -0.1) is 9.24 Å². The molecule has 0 saturated carbocycles. The molecule has 1 N–H and O–H groups in total. The van der Waals surface area contributed by atoms with Gasteiger partial charge in [0, 0.05) is 35.7 Å². The summed E-state index contributed by atoms with van der Waals surface area (Å²) in [4.78, 5) is 19.3. The molecule has 2 heterocycles. The number of hydrogen-bond donors (Lipinski definition) is 1. The molecule has 1 saturated heterocycles. The smallest absolute Gasteiger partial charge is 0.257 e. The number of benzene rings is 1. The van der Waals surface area contributed by atoms with Crippen LogP contribution in [0.4, 0.5) is 8.78 Å². The van der Waals surface area contributed by atoms with Gasteiger partial charge in [-0.25, -0.2) is 13.8 Å².